The van der Waals surface area contributed by atoms with Crippen molar-refractivity contribution in [2.45, 2.75) is 33.2 Å². The van der Waals surface area contributed by atoms with Gasteiger partial charge in [0, 0.05) is 25.1 Å². The molecule has 0 aromatic heterocycles. The van der Waals surface area contributed by atoms with E-state index in [1.54, 1.807) is 4.90 Å². The van der Waals surface area contributed by atoms with Crippen molar-refractivity contribution >= 4 is 23.4 Å². The second kappa shape index (κ2) is 8.00. The molecular weight excluding hydrogens is 416 g/mol. The zero-order valence-corrected chi connectivity index (χ0v) is 18.2. The van der Waals surface area contributed by atoms with Crippen LogP contribution in [-0.2, 0) is 9.59 Å². The predicted octanol–water partition coefficient (Wildman–Crippen LogP) is 3.67. The molecule has 1 saturated heterocycles. The minimum absolute atomic E-state index is 0.0327. The molecule has 2 aromatic carbocycles. The van der Waals surface area contributed by atoms with E-state index in [-0.39, 0.29) is 47.4 Å². The van der Waals surface area contributed by atoms with Crippen LogP contribution in [0.2, 0.25) is 0 Å². The lowest BCUT2D eigenvalue weighted by Crippen LogP contribution is -2.59. The molecule has 3 amide bonds. The average Bonchev–Trinajstić information content (AvgIpc) is 2.83. The van der Waals surface area contributed by atoms with E-state index in [0.717, 1.165) is 6.07 Å². The molecule has 0 bridgehead atoms. The topological polar surface area (TPSA) is 69.7 Å². The molecule has 2 aliphatic heterocycles. The number of hydrogen-bond donors (Lipinski definition) is 1. The van der Waals surface area contributed by atoms with E-state index >= 15 is 0 Å². The van der Waals surface area contributed by atoms with E-state index in [4.69, 9.17) is 0 Å². The minimum atomic E-state index is -0.999. The summed E-state index contributed by atoms with van der Waals surface area (Å²) in [5.41, 5.74) is 0.694. The molecule has 2 aliphatic rings. The molecule has 0 radical (unpaired) electrons. The SMILES string of the molecule is CC(C)(C)CC(=O)N1CCN2C(=O)c3cc(-c4cccc(F)c4F)ccc3NC(=O)C2C1. The first-order chi connectivity index (χ1) is 15.0. The van der Waals surface area contributed by atoms with Crippen molar-refractivity contribution in [2.24, 2.45) is 5.41 Å². The van der Waals surface area contributed by atoms with Gasteiger partial charge < -0.3 is 15.1 Å². The van der Waals surface area contributed by atoms with Crippen molar-refractivity contribution in [1.82, 2.24) is 9.80 Å². The molecular formula is C24H25F2N3O3. The third-order valence-electron chi connectivity index (χ3n) is 5.75. The van der Waals surface area contributed by atoms with Gasteiger partial charge >= 0.3 is 0 Å². The Kier molecular flexibility index (Phi) is 5.48. The van der Waals surface area contributed by atoms with Crippen LogP contribution in [0, 0.1) is 17.0 Å². The molecule has 1 fully saturated rings. The van der Waals surface area contributed by atoms with Crippen LogP contribution in [0.4, 0.5) is 14.5 Å². The van der Waals surface area contributed by atoms with Gasteiger partial charge in [-0.05, 0) is 29.2 Å². The molecule has 1 atom stereocenters. The van der Waals surface area contributed by atoms with E-state index in [1.165, 1.54) is 35.2 Å². The summed E-state index contributed by atoms with van der Waals surface area (Å²) in [6.45, 7) is 6.57. The lowest BCUT2D eigenvalue weighted by Gasteiger charge is -2.40. The van der Waals surface area contributed by atoms with Crippen LogP contribution >= 0.6 is 0 Å². The highest BCUT2D eigenvalue weighted by Crippen LogP contribution is 2.32. The lowest BCUT2D eigenvalue weighted by molar-refractivity contribution is -0.137. The Morgan fingerprint density at radius 3 is 2.56 bits per heavy atom. The Labute approximate surface area is 185 Å². The quantitative estimate of drug-likeness (QED) is 0.773. The Balaban J connectivity index is 1.63. The Bertz CT molecular complexity index is 1110. The van der Waals surface area contributed by atoms with Crippen LogP contribution in [0.25, 0.3) is 11.1 Å². The molecule has 6 nitrogen and oxygen atoms in total. The average molecular weight is 441 g/mol. The van der Waals surface area contributed by atoms with E-state index < -0.39 is 17.7 Å². The first kappa shape index (κ1) is 21.9. The number of benzene rings is 2. The maximum atomic E-state index is 14.3. The number of hydrogen-bond acceptors (Lipinski definition) is 3. The van der Waals surface area contributed by atoms with Gasteiger partial charge in [0.1, 0.15) is 6.04 Å². The summed E-state index contributed by atoms with van der Waals surface area (Å²) in [4.78, 5) is 42.0. The molecule has 0 saturated carbocycles. The standard InChI is InChI=1S/C24H25F2N3O3/c1-24(2,3)12-20(30)28-9-10-29-19(13-28)22(31)27-18-8-7-14(11-16(18)23(29)32)15-5-4-6-17(25)21(15)26/h4-8,11,19H,9-10,12-13H2,1-3H3,(H,27,31). The van der Waals surface area contributed by atoms with Crippen LogP contribution in [0.5, 0.6) is 0 Å². The summed E-state index contributed by atoms with van der Waals surface area (Å²) in [6, 6.07) is 7.56. The zero-order chi connectivity index (χ0) is 23.2. The molecule has 168 valence electrons. The molecule has 2 heterocycles. The van der Waals surface area contributed by atoms with Crippen molar-refractivity contribution in [1.29, 1.82) is 0 Å². The fraction of sp³-hybridized carbons (Fsp3) is 0.375. The number of fused-ring (bicyclic) bond motifs is 2. The van der Waals surface area contributed by atoms with Crippen molar-refractivity contribution in [3.63, 3.8) is 0 Å². The summed E-state index contributed by atoms with van der Waals surface area (Å²) in [5, 5.41) is 2.76. The molecule has 32 heavy (non-hydrogen) atoms. The third kappa shape index (κ3) is 4.09. The zero-order valence-electron chi connectivity index (χ0n) is 18.2. The highest BCUT2D eigenvalue weighted by atomic mass is 19.2. The van der Waals surface area contributed by atoms with Gasteiger partial charge in [-0.3, -0.25) is 14.4 Å². The van der Waals surface area contributed by atoms with Gasteiger partial charge in [-0.2, -0.15) is 0 Å². The maximum absolute atomic E-state index is 14.3. The lowest BCUT2D eigenvalue weighted by atomic mass is 9.91. The van der Waals surface area contributed by atoms with Crippen LogP contribution in [0.3, 0.4) is 0 Å². The Hall–Kier alpha value is -3.29. The summed E-state index contributed by atoms with van der Waals surface area (Å²) in [6.07, 6.45) is 0.345. The molecule has 4 rings (SSSR count). The van der Waals surface area contributed by atoms with Gasteiger partial charge in [-0.1, -0.05) is 39.0 Å². The van der Waals surface area contributed by atoms with E-state index in [0.29, 0.717) is 24.2 Å². The first-order valence-corrected chi connectivity index (χ1v) is 10.5. The van der Waals surface area contributed by atoms with Gasteiger partial charge in [-0.15, -0.1) is 0 Å². The van der Waals surface area contributed by atoms with Crippen LogP contribution in [0.15, 0.2) is 36.4 Å². The van der Waals surface area contributed by atoms with Gasteiger partial charge in [0.15, 0.2) is 11.6 Å². The van der Waals surface area contributed by atoms with E-state index in [2.05, 4.69) is 5.32 Å². The number of piperazine rings is 1. The fourth-order valence-corrected chi connectivity index (χ4v) is 4.14. The summed E-state index contributed by atoms with van der Waals surface area (Å²) in [7, 11) is 0. The van der Waals surface area contributed by atoms with Crippen LogP contribution in [0.1, 0.15) is 37.6 Å². The summed E-state index contributed by atoms with van der Waals surface area (Å²) in [5.74, 6) is -2.79. The predicted molar refractivity (Wildman–Crippen MR) is 116 cm³/mol. The monoisotopic (exact) mass is 441 g/mol. The Morgan fingerprint density at radius 2 is 1.84 bits per heavy atom. The van der Waals surface area contributed by atoms with Crippen molar-refractivity contribution < 1.29 is 23.2 Å². The third-order valence-corrected chi connectivity index (χ3v) is 5.75. The number of carbonyl (C=O) groups is 3. The highest BCUT2D eigenvalue weighted by molar-refractivity contribution is 6.10. The first-order valence-electron chi connectivity index (χ1n) is 10.5. The maximum Gasteiger partial charge on any atom is 0.256 e. The van der Waals surface area contributed by atoms with Crippen LogP contribution in [-0.4, -0.2) is 53.2 Å². The molecule has 0 aliphatic carbocycles. The number of carbonyl (C=O) groups excluding carboxylic acids is 3. The minimum Gasteiger partial charge on any atom is -0.338 e. The fourth-order valence-electron chi connectivity index (χ4n) is 4.14. The van der Waals surface area contributed by atoms with Crippen molar-refractivity contribution in [3.05, 3.63) is 53.6 Å². The number of anilines is 1. The molecule has 0 spiro atoms. The molecule has 1 N–H and O–H groups in total. The van der Waals surface area contributed by atoms with Crippen molar-refractivity contribution in [2.75, 3.05) is 25.0 Å². The summed E-state index contributed by atoms with van der Waals surface area (Å²) >= 11 is 0. The van der Waals surface area contributed by atoms with E-state index in [1.807, 2.05) is 20.8 Å². The van der Waals surface area contributed by atoms with E-state index in [9.17, 15) is 23.2 Å². The van der Waals surface area contributed by atoms with Gasteiger partial charge in [0.05, 0.1) is 17.8 Å². The molecule has 2 aromatic rings. The second-order valence-electron chi connectivity index (χ2n) is 9.44. The van der Waals surface area contributed by atoms with Gasteiger partial charge in [0.25, 0.3) is 5.91 Å². The second-order valence-corrected chi connectivity index (χ2v) is 9.44. The largest absolute Gasteiger partial charge is 0.338 e. The number of halogens is 2. The number of amides is 3. The highest BCUT2D eigenvalue weighted by Gasteiger charge is 2.40. The van der Waals surface area contributed by atoms with Gasteiger partial charge in [-0.25, -0.2) is 8.78 Å². The number of nitrogens with zero attached hydrogens (tertiary/aromatic N) is 2. The molecule has 1 unspecified atom stereocenters. The Morgan fingerprint density at radius 1 is 1.09 bits per heavy atom. The van der Waals surface area contributed by atoms with Gasteiger partial charge in [0.2, 0.25) is 11.8 Å². The van der Waals surface area contributed by atoms with Crippen molar-refractivity contribution in [3.8, 4) is 11.1 Å². The summed E-state index contributed by atoms with van der Waals surface area (Å²) < 4.78 is 28.0. The van der Waals surface area contributed by atoms with Crippen LogP contribution < -0.4 is 5.32 Å². The molecule has 8 heteroatoms. The number of rotatable bonds is 2. The normalized spacial score (nSPS) is 18.6. The number of nitrogens with one attached hydrogen (secondary N) is 1. The smallest absolute Gasteiger partial charge is 0.256 e.